The molecule has 0 radical (unpaired) electrons. The molecule has 1 saturated carbocycles. The average Bonchev–Trinajstić information content (AvgIpc) is 3.44. The molecule has 6 nitrogen and oxygen atoms in total. The van der Waals surface area contributed by atoms with Gasteiger partial charge in [0.25, 0.3) is 0 Å². The van der Waals surface area contributed by atoms with Crippen molar-refractivity contribution in [2.45, 2.75) is 44.2 Å². The normalized spacial score (nSPS) is 14.3. The van der Waals surface area contributed by atoms with Gasteiger partial charge in [-0.2, -0.15) is 0 Å². The van der Waals surface area contributed by atoms with Gasteiger partial charge >= 0.3 is 0 Å². The highest BCUT2D eigenvalue weighted by Crippen LogP contribution is 2.29. The summed E-state index contributed by atoms with van der Waals surface area (Å²) in [6.07, 6.45) is 2.04. The van der Waals surface area contributed by atoms with Gasteiger partial charge in [-0.25, -0.2) is 17.9 Å². The van der Waals surface area contributed by atoms with Gasteiger partial charge in [0.05, 0.1) is 11.4 Å². The lowest BCUT2D eigenvalue weighted by Crippen LogP contribution is -2.34. The molecule has 0 atom stereocenters. The molecule has 0 spiro atoms. The number of benzene rings is 2. The molecular formula is C20H24FN3O3S. The van der Waals surface area contributed by atoms with Crippen molar-refractivity contribution in [1.82, 2.24) is 4.90 Å². The van der Waals surface area contributed by atoms with Crippen molar-refractivity contribution >= 4 is 21.6 Å². The highest BCUT2D eigenvalue weighted by atomic mass is 32.2. The number of nitrogens with one attached hydrogen (secondary N) is 1. The van der Waals surface area contributed by atoms with Gasteiger partial charge in [0.1, 0.15) is 5.82 Å². The van der Waals surface area contributed by atoms with E-state index in [1.54, 1.807) is 19.1 Å². The summed E-state index contributed by atoms with van der Waals surface area (Å²) in [5, 5.41) is 8.04. The fourth-order valence-electron chi connectivity index (χ4n) is 3.07. The smallest absolute Gasteiger partial charge is 0.238 e. The fourth-order valence-corrected chi connectivity index (χ4v) is 3.70. The van der Waals surface area contributed by atoms with E-state index in [0.29, 0.717) is 18.3 Å². The van der Waals surface area contributed by atoms with E-state index in [0.717, 1.165) is 29.5 Å². The summed E-state index contributed by atoms with van der Waals surface area (Å²) in [6, 6.07) is 9.45. The lowest BCUT2D eigenvalue weighted by Gasteiger charge is -2.22. The average molecular weight is 405 g/mol. The summed E-state index contributed by atoms with van der Waals surface area (Å²) >= 11 is 0. The number of carbonyl (C=O) groups is 1. The van der Waals surface area contributed by atoms with Crippen LogP contribution in [0.1, 0.15) is 29.5 Å². The first-order valence-corrected chi connectivity index (χ1v) is 10.6. The van der Waals surface area contributed by atoms with Crippen LogP contribution in [0.2, 0.25) is 0 Å². The SMILES string of the molecule is Cc1cc(S(N)(=O)=O)cc(NC(=O)CN(Cc2ccc(F)cc2)C2CC2)c1C. The molecule has 1 aliphatic rings. The number of rotatable bonds is 7. The summed E-state index contributed by atoms with van der Waals surface area (Å²) in [7, 11) is -3.86. The Balaban J connectivity index is 1.73. The second-order valence-corrected chi connectivity index (χ2v) is 8.83. The molecule has 0 aliphatic heterocycles. The van der Waals surface area contributed by atoms with Crippen molar-refractivity contribution in [3.05, 3.63) is 58.9 Å². The predicted molar refractivity (Wildman–Crippen MR) is 106 cm³/mol. The zero-order chi connectivity index (χ0) is 20.5. The van der Waals surface area contributed by atoms with Crippen LogP contribution in [0.4, 0.5) is 10.1 Å². The Bertz CT molecular complexity index is 987. The van der Waals surface area contributed by atoms with Crippen molar-refractivity contribution < 1.29 is 17.6 Å². The van der Waals surface area contributed by atoms with Crippen molar-refractivity contribution in [2.75, 3.05) is 11.9 Å². The van der Waals surface area contributed by atoms with Gasteiger partial charge in [0.2, 0.25) is 15.9 Å². The number of anilines is 1. The Morgan fingerprint density at radius 3 is 2.43 bits per heavy atom. The lowest BCUT2D eigenvalue weighted by atomic mass is 10.1. The number of hydrogen-bond acceptors (Lipinski definition) is 4. The molecule has 0 aromatic heterocycles. The van der Waals surface area contributed by atoms with Gasteiger partial charge in [-0.1, -0.05) is 12.1 Å². The Morgan fingerprint density at radius 2 is 1.86 bits per heavy atom. The molecule has 2 aromatic rings. The third kappa shape index (κ3) is 5.15. The minimum Gasteiger partial charge on any atom is -0.325 e. The molecule has 1 aliphatic carbocycles. The van der Waals surface area contributed by atoms with Crippen molar-refractivity contribution in [3.8, 4) is 0 Å². The lowest BCUT2D eigenvalue weighted by molar-refractivity contribution is -0.117. The molecule has 28 heavy (non-hydrogen) atoms. The summed E-state index contributed by atoms with van der Waals surface area (Å²) < 4.78 is 36.4. The topological polar surface area (TPSA) is 92.5 Å². The van der Waals surface area contributed by atoms with Gasteiger partial charge in [-0.05, 0) is 67.6 Å². The molecular weight excluding hydrogens is 381 g/mol. The summed E-state index contributed by atoms with van der Waals surface area (Å²) in [6.45, 7) is 4.30. The number of nitrogens with two attached hydrogens (primary N) is 1. The van der Waals surface area contributed by atoms with Crippen LogP contribution >= 0.6 is 0 Å². The van der Waals surface area contributed by atoms with Crippen LogP contribution in [-0.2, 0) is 21.4 Å². The summed E-state index contributed by atoms with van der Waals surface area (Å²) in [4.78, 5) is 14.6. The van der Waals surface area contributed by atoms with E-state index in [4.69, 9.17) is 5.14 Å². The van der Waals surface area contributed by atoms with Gasteiger partial charge in [0, 0.05) is 18.3 Å². The highest BCUT2D eigenvalue weighted by molar-refractivity contribution is 7.89. The minimum atomic E-state index is -3.86. The van der Waals surface area contributed by atoms with E-state index in [1.807, 2.05) is 11.8 Å². The molecule has 0 saturated heterocycles. The number of nitrogens with zero attached hydrogens (tertiary/aromatic N) is 1. The molecule has 0 unspecified atom stereocenters. The van der Waals surface area contributed by atoms with Gasteiger partial charge in [-0.15, -0.1) is 0 Å². The zero-order valence-electron chi connectivity index (χ0n) is 15.9. The molecule has 3 rings (SSSR count). The van der Waals surface area contributed by atoms with E-state index in [1.165, 1.54) is 24.3 Å². The standard InChI is InChI=1S/C20H24FN3O3S/c1-13-9-18(28(22,26)27)10-19(14(13)2)23-20(25)12-24(17-7-8-17)11-15-3-5-16(21)6-4-15/h3-6,9-10,17H,7-8,11-12H2,1-2H3,(H,23,25)(H2,22,26,27). The van der Waals surface area contributed by atoms with Crippen LogP contribution < -0.4 is 10.5 Å². The molecule has 0 bridgehead atoms. The number of halogens is 1. The number of aryl methyl sites for hydroxylation is 1. The number of carbonyl (C=O) groups excluding carboxylic acids is 1. The Morgan fingerprint density at radius 1 is 1.21 bits per heavy atom. The van der Waals surface area contributed by atoms with Gasteiger partial charge in [-0.3, -0.25) is 9.69 Å². The second-order valence-electron chi connectivity index (χ2n) is 7.27. The largest absolute Gasteiger partial charge is 0.325 e. The van der Waals surface area contributed by atoms with Crippen LogP contribution in [0.25, 0.3) is 0 Å². The van der Waals surface area contributed by atoms with Crippen molar-refractivity contribution in [2.24, 2.45) is 5.14 Å². The highest BCUT2D eigenvalue weighted by Gasteiger charge is 2.30. The van der Waals surface area contributed by atoms with E-state index in [9.17, 15) is 17.6 Å². The molecule has 2 aromatic carbocycles. The molecule has 3 N–H and O–H groups in total. The number of hydrogen-bond donors (Lipinski definition) is 2. The Labute approximate surface area is 164 Å². The van der Waals surface area contributed by atoms with E-state index in [-0.39, 0.29) is 23.2 Å². The molecule has 1 amide bonds. The predicted octanol–water partition coefficient (Wildman–Crippen LogP) is 2.69. The third-order valence-electron chi connectivity index (χ3n) is 4.95. The maximum absolute atomic E-state index is 13.1. The quantitative estimate of drug-likeness (QED) is 0.741. The van der Waals surface area contributed by atoms with Gasteiger partial charge in [0.15, 0.2) is 0 Å². The monoisotopic (exact) mass is 405 g/mol. The van der Waals surface area contributed by atoms with Crippen LogP contribution in [0.5, 0.6) is 0 Å². The number of amides is 1. The summed E-state index contributed by atoms with van der Waals surface area (Å²) in [5.74, 6) is -0.525. The van der Waals surface area contributed by atoms with Crippen molar-refractivity contribution in [3.63, 3.8) is 0 Å². The van der Waals surface area contributed by atoms with E-state index in [2.05, 4.69) is 5.32 Å². The number of sulfonamides is 1. The maximum atomic E-state index is 13.1. The molecule has 150 valence electrons. The first-order chi connectivity index (χ1) is 13.1. The molecule has 1 fully saturated rings. The van der Waals surface area contributed by atoms with E-state index >= 15 is 0 Å². The van der Waals surface area contributed by atoms with Crippen LogP contribution in [-0.4, -0.2) is 31.8 Å². The first-order valence-electron chi connectivity index (χ1n) is 9.06. The van der Waals surface area contributed by atoms with Crippen LogP contribution in [0, 0.1) is 19.7 Å². The molecule has 0 heterocycles. The Kier molecular flexibility index (Phi) is 5.83. The van der Waals surface area contributed by atoms with Crippen LogP contribution in [0.15, 0.2) is 41.3 Å². The number of primary sulfonamides is 1. The van der Waals surface area contributed by atoms with Gasteiger partial charge < -0.3 is 5.32 Å². The van der Waals surface area contributed by atoms with E-state index < -0.39 is 10.0 Å². The minimum absolute atomic E-state index is 0.0312. The first kappa shape index (κ1) is 20.4. The fraction of sp³-hybridized carbons (Fsp3) is 0.350. The maximum Gasteiger partial charge on any atom is 0.238 e. The molecule has 8 heteroatoms. The Hall–Kier alpha value is -2.29. The third-order valence-corrected chi connectivity index (χ3v) is 5.85. The zero-order valence-corrected chi connectivity index (χ0v) is 16.7. The van der Waals surface area contributed by atoms with Crippen molar-refractivity contribution in [1.29, 1.82) is 0 Å². The summed E-state index contributed by atoms with van der Waals surface area (Å²) in [5.41, 5.74) is 2.89. The second kappa shape index (κ2) is 7.98. The van der Waals surface area contributed by atoms with Crippen LogP contribution in [0.3, 0.4) is 0 Å².